The van der Waals surface area contributed by atoms with E-state index in [1.807, 2.05) is 0 Å². The minimum atomic E-state index is -0.625. The fourth-order valence-corrected chi connectivity index (χ4v) is 17.6. The average molecular weight is 705 g/mol. The maximum absolute atomic E-state index is 2.58. The van der Waals surface area contributed by atoms with Gasteiger partial charge in [-0.2, -0.15) is 0 Å². The second-order valence-corrected chi connectivity index (χ2v) is 27.2. The Morgan fingerprint density at radius 1 is 0.591 bits per heavy atom. The summed E-state index contributed by atoms with van der Waals surface area (Å²) in [6, 6.07) is 43.8. The zero-order valence-electron chi connectivity index (χ0n) is 25.2. The summed E-state index contributed by atoms with van der Waals surface area (Å²) in [4.78, 5) is 0. The molecule has 0 amide bonds. The number of hydrogen-bond donors (Lipinski definition) is 0. The van der Waals surface area contributed by atoms with Crippen molar-refractivity contribution in [2.24, 2.45) is 0 Å². The molecule has 6 aromatic rings. The van der Waals surface area contributed by atoms with E-state index < -0.39 is 28.3 Å². The van der Waals surface area contributed by atoms with Crippen LogP contribution in [0.1, 0.15) is 50.7 Å². The Kier molecular flexibility index (Phi) is 8.93. The molecule has 216 valence electrons. The molecule has 0 saturated heterocycles. The van der Waals surface area contributed by atoms with Crippen LogP contribution >= 0.6 is 0 Å². The normalized spacial score (nSPS) is 16.0. The first-order valence-electron chi connectivity index (χ1n) is 15.4. The molecule has 8 rings (SSSR count). The van der Waals surface area contributed by atoms with Gasteiger partial charge in [0.1, 0.15) is 0 Å². The van der Waals surface area contributed by atoms with Gasteiger partial charge in [-0.1, -0.05) is 6.07 Å². The van der Waals surface area contributed by atoms with Gasteiger partial charge in [0.2, 0.25) is 0 Å². The molecule has 2 aliphatic carbocycles. The molecule has 0 fully saturated rings. The maximum Gasteiger partial charge on any atom is -1.00 e. The van der Waals surface area contributed by atoms with Gasteiger partial charge in [0, 0.05) is 0 Å². The smallest absolute Gasteiger partial charge is 1.00 e. The maximum atomic E-state index is 2.58. The Morgan fingerprint density at radius 2 is 1.20 bits per heavy atom. The summed E-state index contributed by atoms with van der Waals surface area (Å²) in [6.45, 7) is 7.51. The summed E-state index contributed by atoms with van der Waals surface area (Å²) in [5.74, 6) is -0.294. The van der Waals surface area contributed by atoms with Crippen LogP contribution < -0.4 is 24.8 Å². The molecule has 0 spiro atoms. The van der Waals surface area contributed by atoms with E-state index in [1.54, 1.807) is 22.3 Å². The third-order valence-electron chi connectivity index (χ3n) is 9.42. The molecule has 0 nitrogen and oxygen atoms in total. The van der Waals surface area contributed by atoms with E-state index in [2.05, 4.69) is 141 Å². The Morgan fingerprint density at radius 3 is 1.98 bits per heavy atom. The summed E-state index contributed by atoms with van der Waals surface area (Å²) in [5.41, 5.74) is 15.0. The molecule has 0 heterocycles. The van der Waals surface area contributed by atoms with Gasteiger partial charge >= 0.3 is 257 Å². The molecular weight excluding hydrogens is 671 g/mol. The van der Waals surface area contributed by atoms with E-state index in [0.717, 1.165) is 6.42 Å². The van der Waals surface area contributed by atoms with Crippen molar-refractivity contribution in [1.82, 2.24) is 0 Å². The summed E-state index contributed by atoms with van der Waals surface area (Å²) >= 11 is -0.558. The van der Waals surface area contributed by atoms with Crippen LogP contribution in [-0.2, 0) is 22.4 Å². The van der Waals surface area contributed by atoms with Gasteiger partial charge in [-0.15, -0.1) is 0 Å². The zero-order chi connectivity index (χ0) is 28.4. The van der Waals surface area contributed by atoms with Gasteiger partial charge in [-0.25, -0.2) is 0 Å². The van der Waals surface area contributed by atoms with E-state index in [1.165, 1.54) is 54.9 Å². The van der Waals surface area contributed by atoms with Crippen LogP contribution in [0.3, 0.4) is 0 Å². The Bertz CT molecular complexity index is 2060. The minimum Gasteiger partial charge on any atom is -1.00 e. The third kappa shape index (κ3) is 4.90. The van der Waals surface area contributed by atoms with E-state index in [-0.39, 0.29) is 24.8 Å². The van der Waals surface area contributed by atoms with E-state index in [9.17, 15) is 0 Å². The fourth-order valence-electron chi connectivity index (χ4n) is 7.70. The van der Waals surface area contributed by atoms with Crippen LogP contribution in [0.15, 0.2) is 121 Å². The van der Waals surface area contributed by atoms with Crippen LogP contribution in [0.5, 0.6) is 0 Å². The second-order valence-electron chi connectivity index (χ2n) is 12.2. The van der Waals surface area contributed by atoms with Gasteiger partial charge < -0.3 is 24.8 Å². The largest absolute Gasteiger partial charge is 1.00 e. The molecule has 0 saturated carbocycles. The van der Waals surface area contributed by atoms with Crippen LogP contribution in [0.2, 0.25) is 13.1 Å². The summed E-state index contributed by atoms with van der Waals surface area (Å²) in [5, 5.41) is 5.31. The Labute approximate surface area is 285 Å². The summed E-state index contributed by atoms with van der Waals surface area (Å²) in [6.07, 6.45) is 3.62. The van der Waals surface area contributed by atoms with Crippen LogP contribution in [0.4, 0.5) is 0 Å². The van der Waals surface area contributed by atoms with Gasteiger partial charge in [0.15, 0.2) is 0 Å². The average Bonchev–Trinajstić information content (AvgIpc) is 3.56. The van der Waals surface area contributed by atoms with Crippen molar-refractivity contribution in [2.45, 2.75) is 36.0 Å². The molecule has 0 aromatic heterocycles. The Balaban J connectivity index is 0.00000171. The molecule has 0 radical (unpaired) electrons. The fraction of sp³-hybridized carbons (Fsp3) is 0.150. The minimum absolute atomic E-state index is 0. The number of benzene rings is 6. The monoisotopic (exact) mass is 702 g/mol. The van der Waals surface area contributed by atoms with Crippen molar-refractivity contribution < 1.29 is 47.2 Å². The molecule has 6 aromatic carbocycles. The van der Waals surface area contributed by atoms with E-state index in [0.29, 0.717) is 9.54 Å². The molecule has 4 heteroatoms. The number of hydrogen-bond acceptors (Lipinski definition) is 0. The Hall–Kier alpha value is -2.74. The molecule has 44 heavy (non-hydrogen) atoms. The zero-order valence-corrected chi connectivity index (χ0v) is 30.4. The molecule has 0 aliphatic heterocycles. The van der Waals surface area contributed by atoms with Gasteiger partial charge in [-0.3, -0.25) is 0 Å². The first-order valence-corrected chi connectivity index (χ1v) is 23.9. The molecule has 2 unspecified atom stereocenters. The van der Waals surface area contributed by atoms with Crippen LogP contribution in [0, 0.1) is 0 Å². The third-order valence-corrected chi connectivity index (χ3v) is 19.3. The standard InChI is InChI=1S/C38H27.C2H7Si.2ClH.Zr/c1-2-24-21-36-32(35-22-25-11-3-5-13-27(25)29-15-7-8-16-31(29)35)18-10-20-33(36)38(24)34-19-9-17-30-28-14-6-4-12-26(28)23-37(30)34;1-3-2;;;/h3-23,38H,2H2,1H3;3H,1-2H3;2*1H;/q;;;;+2/p-2. The van der Waals surface area contributed by atoms with Crippen molar-refractivity contribution in [3.05, 3.63) is 149 Å². The predicted molar refractivity (Wildman–Crippen MR) is 180 cm³/mol. The van der Waals surface area contributed by atoms with Crippen LogP contribution in [0.25, 0.3) is 49.9 Å². The summed E-state index contributed by atoms with van der Waals surface area (Å²) in [7, 11) is 0. The topological polar surface area (TPSA) is 0 Å². The van der Waals surface area contributed by atoms with E-state index in [4.69, 9.17) is 0 Å². The van der Waals surface area contributed by atoms with Crippen molar-refractivity contribution in [3.63, 3.8) is 0 Å². The molecule has 0 bridgehead atoms. The van der Waals surface area contributed by atoms with Crippen LogP contribution in [-0.4, -0.2) is 5.92 Å². The van der Waals surface area contributed by atoms with Crippen molar-refractivity contribution >= 4 is 33.5 Å². The van der Waals surface area contributed by atoms with Gasteiger partial charge in [-0.05, 0) is 0 Å². The van der Waals surface area contributed by atoms with Gasteiger partial charge in [0.05, 0.1) is 0 Å². The quantitative estimate of drug-likeness (QED) is 0.180. The number of rotatable bonds is 5. The SMILES string of the molecule is CCC1=Cc2c(-c3cc4ccccc4c4ccccc34)cccc2C1c1cccc2c1[CH]([Zr+2][SiH](C)C)c1ccccc1-2.[Cl-].[Cl-]. The first-order chi connectivity index (χ1) is 20.6. The van der Waals surface area contributed by atoms with Crippen molar-refractivity contribution in [3.8, 4) is 22.3 Å². The molecular formula is C40H34Cl2SiZr. The number of halogens is 2. The summed E-state index contributed by atoms with van der Waals surface area (Å²) < 4.78 is 0.678. The number of fused-ring (bicyclic) bond motifs is 7. The molecule has 2 aliphatic rings. The second kappa shape index (κ2) is 12.6. The number of allylic oxidation sites excluding steroid dienone is 1. The predicted octanol–water partition coefficient (Wildman–Crippen LogP) is 4.74. The molecule has 0 N–H and O–H groups in total. The van der Waals surface area contributed by atoms with Crippen molar-refractivity contribution in [2.75, 3.05) is 0 Å². The first kappa shape index (κ1) is 31.3. The molecule has 2 atom stereocenters. The van der Waals surface area contributed by atoms with Gasteiger partial charge in [0.25, 0.3) is 0 Å². The van der Waals surface area contributed by atoms with Crippen molar-refractivity contribution in [1.29, 1.82) is 0 Å². The van der Waals surface area contributed by atoms with E-state index >= 15 is 0 Å².